The lowest BCUT2D eigenvalue weighted by Crippen LogP contribution is -2.49. The number of hydrogen-bond acceptors (Lipinski definition) is 7. The van der Waals surface area contributed by atoms with Gasteiger partial charge in [0.05, 0.1) is 17.4 Å². The maximum absolute atomic E-state index is 12.8. The molecule has 5 nitrogen and oxygen atoms in total. The summed E-state index contributed by atoms with van der Waals surface area (Å²) in [4.78, 5) is 9.72. The maximum Gasteiger partial charge on any atom is 0.416 e. The molecule has 0 saturated carbocycles. The topological polar surface area (TPSA) is 64.3 Å². The fourth-order valence-electron chi connectivity index (χ4n) is 2.12. The van der Waals surface area contributed by atoms with Crippen molar-refractivity contribution < 1.29 is 17.9 Å². The van der Waals surface area contributed by atoms with Crippen LogP contribution in [0.1, 0.15) is 0 Å². The number of nitrogens with two attached hydrogens (primary N) is 1. The number of nitrogens with zero attached hydrogens (tertiary/aromatic N) is 3. The van der Waals surface area contributed by atoms with Crippen LogP contribution in [0.5, 0.6) is 0 Å². The van der Waals surface area contributed by atoms with Crippen molar-refractivity contribution in [3.63, 3.8) is 0 Å². The average Bonchev–Trinajstić information content (AvgIpc) is 2.99. The van der Waals surface area contributed by atoms with Crippen molar-refractivity contribution in [2.45, 2.75) is 21.5 Å². The molecule has 0 spiro atoms. The molecule has 3 heterocycles. The minimum Gasteiger partial charge on any atom is -0.368 e. The second-order valence-electron chi connectivity index (χ2n) is 4.80. The standard InChI is InChI=1S/C13H13F3N4OS2/c14-13(15,16)8-7-20(3-4-21-8)9-6-10(19-12(17)18-9)23-11-2-1-5-22-11/h1-2,5-6,8H,3-4,7H2,(H2,17,18,19). The number of rotatable bonds is 3. The van der Waals surface area contributed by atoms with E-state index in [4.69, 9.17) is 10.5 Å². The molecule has 2 aromatic heterocycles. The summed E-state index contributed by atoms with van der Waals surface area (Å²) in [6.45, 7) is 0.0106. The molecule has 1 saturated heterocycles. The number of aromatic nitrogens is 2. The molecular formula is C13H13F3N4OS2. The molecule has 1 aliphatic rings. The van der Waals surface area contributed by atoms with Crippen LogP contribution in [0.15, 0.2) is 32.8 Å². The molecule has 2 N–H and O–H groups in total. The van der Waals surface area contributed by atoms with E-state index in [0.717, 1.165) is 4.21 Å². The third-order valence-corrected chi connectivity index (χ3v) is 5.12. The summed E-state index contributed by atoms with van der Waals surface area (Å²) in [5.74, 6) is 0.422. The molecular weight excluding hydrogens is 349 g/mol. The van der Waals surface area contributed by atoms with E-state index >= 15 is 0 Å². The molecule has 0 amide bonds. The van der Waals surface area contributed by atoms with Gasteiger partial charge in [0, 0.05) is 12.6 Å². The van der Waals surface area contributed by atoms with Gasteiger partial charge in [0.25, 0.3) is 0 Å². The number of ether oxygens (including phenoxy) is 1. The quantitative estimate of drug-likeness (QED) is 0.847. The molecule has 124 valence electrons. The number of hydrogen-bond donors (Lipinski definition) is 1. The summed E-state index contributed by atoms with van der Waals surface area (Å²) in [5.41, 5.74) is 5.70. The van der Waals surface area contributed by atoms with Gasteiger partial charge in [-0.15, -0.1) is 11.3 Å². The molecule has 1 aliphatic heterocycles. The third kappa shape index (κ3) is 4.06. The Morgan fingerprint density at radius 1 is 1.39 bits per heavy atom. The predicted molar refractivity (Wildman–Crippen MR) is 82.9 cm³/mol. The summed E-state index contributed by atoms with van der Waals surface area (Å²) in [6, 6.07) is 5.50. The van der Waals surface area contributed by atoms with E-state index < -0.39 is 12.3 Å². The molecule has 1 atom stereocenters. The molecule has 0 bridgehead atoms. The monoisotopic (exact) mass is 362 g/mol. The van der Waals surface area contributed by atoms with Crippen LogP contribution in [0.25, 0.3) is 0 Å². The first kappa shape index (κ1) is 16.3. The first-order chi connectivity index (χ1) is 10.9. The highest BCUT2D eigenvalue weighted by Gasteiger charge is 2.43. The highest BCUT2D eigenvalue weighted by molar-refractivity contribution is 8.01. The van der Waals surface area contributed by atoms with E-state index in [1.165, 1.54) is 16.7 Å². The number of anilines is 2. The van der Waals surface area contributed by atoms with E-state index in [1.807, 2.05) is 17.5 Å². The summed E-state index contributed by atoms with van der Waals surface area (Å²) in [7, 11) is 0. The van der Waals surface area contributed by atoms with Crippen LogP contribution in [-0.4, -0.2) is 41.9 Å². The maximum atomic E-state index is 12.8. The van der Waals surface area contributed by atoms with Crippen molar-refractivity contribution in [2.75, 3.05) is 30.3 Å². The number of morpholine rings is 1. The minimum atomic E-state index is -4.40. The number of halogens is 3. The summed E-state index contributed by atoms with van der Waals surface area (Å²) in [5, 5.41) is 2.54. The SMILES string of the molecule is Nc1nc(Sc2cccs2)cc(N2CCOC(C(F)(F)F)C2)n1. The zero-order chi connectivity index (χ0) is 16.4. The molecule has 0 radical (unpaired) electrons. The molecule has 23 heavy (non-hydrogen) atoms. The Morgan fingerprint density at radius 2 is 2.22 bits per heavy atom. The number of nitrogen functional groups attached to an aromatic ring is 1. The van der Waals surface area contributed by atoms with Crippen LogP contribution >= 0.6 is 23.1 Å². The fraction of sp³-hybridized carbons (Fsp3) is 0.385. The van der Waals surface area contributed by atoms with Crippen molar-refractivity contribution in [1.82, 2.24) is 9.97 Å². The van der Waals surface area contributed by atoms with Crippen molar-refractivity contribution >= 4 is 34.9 Å². The van der Waals surface area contributed by atoms with Crippen LogP contribution in [0, 0.1) is 0 Å². The highest BCUT2D eigenvalue weighted by atomic mass is 32.2. The van der Waals surface area contributed by atoms with E-state index in [9.17, 15) is 13.2 Å². The molecule has 2 aromatic rings. The average molecular weight is 362 g/mol. The first-order valence-electron chi connectivity index (χ1n) is 6.71. The normalized spacial score (nSPS) is 19.1. The van der Waals surface area contributed by atoms with Crippen LogP contribution in [0.4, 0.5) is 24.9 Å². The Hall–Kier alpha value is -1.52. The lowest BCUT2D eigenvalue weighted by molar-refractivity contribution is -0.221. The zero-order valence-electron chi connectivity index (χ0n) is 11.8. The second-order valence-corrected chi connectivity index (χ2v) is 7.07. The number of alkyl halides is 3. The third-order valence-electron chi connectivity index (χ3n) is 3.16. The molecule has 3 rings (SSSR count). The molecule has 1 fully saturated rings. The summed E-state index contributed by atoms with van der Waals surface area (Å²) < 4.78 is 44.3. The Kier molecular flexibility index (Phi) is 4.64. The van der Waals surface area contributed by atoms with Crippen molar-refractivity contribution in [3.05, 3.63) is 23.6 Å². The van der Waals surface area contributed by atoms with Crippen molar-refractivity contribution in [3.8, 4) is 0 Å². The number of thiophene rings is 1. The predicted octanol–water partition coefficient (Wildman–Crippen LogP) is 3.04. The summed E-state index contributed by atoms with van der Waals surface area (Å²) >= 11 is 2.95. The molecule has 0 aliphatic carbocycles. The largest absolute Gasteiger partial charge is 0.416 e. The Bertz CT molecular complexity index is 666. The van der Waals surface area contributed by atoms with E-state index in [-0.39, 0.29) is 19.1 Å². The van der Waals surface area contributed by atoms with Crippen LogP contribution < -0.4 is 10.6 Å². The van der Waals surface area contributed by atoms with Crippen LogP contribution in [0.3, 0.4) is 0 Å². The Balaban J connectivity index is 1.80. The fourth-order valence-corrected chi connectivity index (χ4v) is 3.84. The van der Waals surface area contributed by atoms with Crippen molar-refractivity contribution in [2.24, 2.45) is 0 Å². The first-order valence-corrected chi connectivity index (χ1v) is 8.40. The Labute approximate surface area is 138 Å². The highest BCUT2D eigenvalue weighted by Crippen LogP contribution is 2.33. The lowest BCUT2D eigenvalue weighted by atomic mass is 10.2. The second kappa shape index (κ2) is 6.54. The van der Waals surface area contributed by atoms with Gasteiger partial charge in [-0.3, -0.25) is 0 Å². The minimum absolute atomic E-state index is 0.0124. The molecule has 1 unspecified atom stereocenters. The zero-order valence-corrected chi connectivity index (χ0v) is 13.4. The van der Waals surface area contributed by atoms with E-state index in [0.29, 0.717) is 17.4 Å². The van der Waals surface area contributed by atoms with Crippen LogP contribution in [-0.2, 0) is 4.74 Å². The lowest BCUT2D eigenvalue weighted by Gasteiger charge is -2.34. The molecule has 10 heteroatoms. The van der Waals surface area contributed by atoms with Gasteiger partial charge >= 0.3 is 6.18 Å². The van der Waals surface area contributed by atoms with Gasteiger partial charge in [-0.1, -0.05) is 17.8 Å². The van der Waals surface area contributed by atoms with Gasteiger partial charge in [-0.2, -0.15) is 18.2 Å². The van der Waals surface area contributed by atoms with Gasteiger partial charge in [0.15, 0.2) is 6.10 Å². The van der Waals surface area contributed by atoms with E-state index in [1.54, 1.807) is 17.4 Å². The van der Waals surface area contributed by atoms with Crippen LogP contribution in [0.2, 0.25) is 0 Å². The van der Waals surface area contributed by atoms with Gasteiger partial charge in [0.1, 0.15) is 10.8 Å². The smallest absolute Gasteiger partial charge is 0.368 e. The van der Waals surface area contributed by atoms with Gasteiger partial charge in [-0.25, -0.2) is 4.98 Å². The van der Waals surface area contributed by atoms with Gasteiger partial charge < -0.3 is 15.4 Å². The van der Waals surface area contributed by atoms with Gasteiger partial charge in [0.2, 0.25) is 5.95 Å². The molecule has 0 aromatic carbocycles. The van der Waals surface area contributed by atoms with Gasteiger partial charge in [-0.05, 0) is 11.4 Å². The van der Waals surface area contributed by atoms with E-state index in [2.05, 4.69) is 9.97 Å². The summed E-state index contributed by atoms with van der Waals surface area (Å²) in [6.07, 6.45) is -6.22. The van der Waals surface area contributed by atoms with Crippen molar-refractivity contribution in [1.29, 1.82) is 0 Å². The Morgan fingerprint density at radius 3 is 2.91 bits per heavy atom.